The molecule has 0 heterocycles. The molecule has 0 saturated heterocycles. The molecule has 27 heavy (non-hydrogen) atoms. The minimum atomic E-state index is -0.849. The Hall–Kier alpha value is -1.45. The lowest BCUT2D eigenvalue weighted by Crippen LogP contribution is -2.24. The predicted octanol–water partition coefficient (Wildman–Crippen LogP) is 5.30. The maximum absolute atomic E-state index is 12.1. The normalized spacial score (nSPS) is 22.1. The molecule has 1 rings (SSSR count). The number of aliphatic hydroxyl groups excluding tert-OH is 1. The summed E-state index contributed by atoms with van der Waals surface area (Å²) in [7, 11) is 0. The van der Waals surface area contributed by atoms with Crippen molar-refractivity contribution in [2.75, 3.05) is 6.61 Å². The number of hydrogen-bond acceptors (Lipinski definition) is 3. The molecule has 0 bridgehead atoms. The fourth-order valence-electron chi connectivity index (χ4n) is 3.43. The van der Waals surface area contributed by atoms with Gasteiger partial charge in [0.15, 0.2) is 5.78 Å². The summed E-state index contributed by atoms with van der Waals surface area (Å²) < 4.78 is 0. The van der Waals surface area contributed by atoms with Crippen LogP contribution in [0, 0.1) is 11.8 Å². The third-order valence-corrected chi connectivity index (χ3v) is 5.32. The van der Waals surface area contributed by atoms with Crippen LogP contribution in [0.5, 0.6) is 0 Å². The second-order valence-electron chi connectivity index (χ2n) is 7.62. The molecule has 3 atom stereocenters. The molecule has 0 amide bonds. The van der Waals surface area contributed by atoms with Gasteiger partial charge in [-0.15, -0.1) is 6.58 Å². The molecule has 0 fully saturated rings. The molecule has 1 aliphatic rings. The van der Waals surface area contributed by atoms with Crippen LogP contribution in [0.15, 0.2) is 49.1 Å². The first-order chi connectivity index (χ1) is 13.1. The van der Waals surface area contributed by atoms with Crippen molar-refractivity contribution < 1.29 is 15.0 Å². The van der Waals surface area contributed by atoms with E-state index < -0.39 is 5.60 Å². The van der Waals surface area contributed by atoms with Crippen molar-refractivity contribution in [1.29, 1.82) is 0 Å². The van der Waals surface area contributed by atoms with Gasteiger partial charge >= 0.3 is 0 Å². The SMILES string of the molecule is C=CC(O)(CC=C[C@H]1C=CC(=O)[C@@H]1CC=CCCCCO)CCCCCC. The highest BCUT2D eigenvalue weighted by Crippen LogP contribution is 2.28. The highest BCUT2D eigenvalue weighted by Gasteiger charge is 2.27. The van der Waals surface area contributed by atoms with Gasteiger partial charge in [0.05, 0.1) is 5.60 Å². The minimum Gasteiger partial charge on any atom is -0.396 e. The highest BCUT2D eigenvalue weighted by atomic mass is 16.3. The zero-order chi connectivity index (χ0) is 20.0. The first kappa shape index (κ1) is 23.6. The first-order valence-corrected chi connectivity index (χ1v) is 10.6. The Labute approximate surface area is 165 Å². The average Bonchev–Trinajstić information content (AvgIpc) is 3.01. The van der Waals surface area contributed by atoms with Gasteiger partial charge in [-0.3, -0.25) is 4.79 Å². The number of allylic oxidation sites excluding steroid dienone is 5. The second kappa shape index (κ2) is 13.7. The van der Waals surface area contributed by atoms with Crippen molar-refractivity contribution in [2.45, 2.75) is 76.7 Å². The van der Waals surface area contributed by atoms with Crippen LogP contribution in [0.1, 0.15) is 71.1 Å². The van der Waals surface area contributed by atoms with Gasteiger partial charge in [-0.2, -0.15) is 0 Å². The van der Waals surface area contributed by atoms with Gasteiger partial charge in [0.1, 0.15) is 0 Å². The summed E-state index contributed by atoms with van der Waals surface area (Å²) in [6.07, 6.45) is 22.9. The zero-order valence-corrected chi connectivity index (χ0v) is 17.0. The van der Waals surface area contributed by atoms with Crippen LogP contribution in [0.4, 0.5) is 0 Å². The summed E-state index contributed by atoms with van der Waals surface area (Å²) in [6.45, 7) is 6.22. The largest absolute Gasteiger partial charge is 0.396 e. The molecular formula is C24H38O3. The summed E-state index contributed by atoms with van der Waals surface area (Å²) in [6, 6.07) is 0. The maximum atomic E-state index is 12.1. The van der Waals surface area contributed by atoms with Gasteiger partial charge in [0.25, 0.3) is 0 Å². The van der Waals surface area contributed by atoms with Gasteiger partial charge in [-0.25, -0.2) is 0 Å². The molecule has 2 N–H and O–H groups in total. The molecule has 152 valence electrons. The quantitative estimate of drug-likeness (QED) is 0.302. The topological polar surface area (TPSA) is 57.5 Å². The van der Waals surface area contributed by atoms with E-state index in [4.69, 9.17) is 5.11 Å². The van der Waals surface area contributed by atoms with Crippen molar-refractivity contribution in [1.82, 2.24) is 0 Å². The summed E-state index contributed by atoms with van der Waals surface area (Å²) >= 11 is 0. The zero-order valence-electron chi connectivity index (χ0n) is 17.0. The molecule has 0 spiro atoms. The molecule has 1 aliphatic carbocycles. The molecular weight excluding hydrogens is 336 g/mol. The van der Waals surface area contributed by atoms with Crippen molar-refractivity contribution in [3.8, 4) is 0 Å². The van der Waals surface area contributed by atoms with E-state index in [0.717, 1.165) is 44.9 Å². The van der Waals surface area contributed by atoms with E-state index in [1.165, 1.54) is 12.8 Å². The number of hydrogen-bond donors (Lipinski definition) is 2. The van der Waals surface area contributed by atoms with E-state index in [9.17, 15) is 9.90 Å². The number of ketones is 1. The van der Waals surface area contributed by atoms with Gasteiger partial charge < -0.3 is 10.2 Å². The Bertz CT molecular complexity index is 518. The molecule has 3 nitrogen and oxygen atoms in total. The van der Waals surface area contributed by atoms with Crippen LogP contribution in [0.25, 0.3) is 0 Å². The maximum Gasteiger partial charge on any atom is 0.159 e. The van der Waals surface area contributed by atoms with E-state index in [0.29, 0.717) is 6.42 Å². The predicted molar refractivity (Wildman–Crippen MR) is 113 cm³/mol. The van der Waals surface area contributed by atoms with E-state index in [1.54, 1.807) is 12.2 Å². The summed E-state index contributed by atoms with van der Waals surface area (Å²) in [5.41, 5.74) is -0.849. The molecule has 0 radical (unpaired) electrons. The molecule has 0 aromatic carbocycles. The van der Waals surface area contributed by atoms with Gasteiger partial charge in [0, 0.05) is 18.4 Å². The number of carbonyl (C=O) groups excluding carboxylic acids is 1. The Morgan fingerprint density at radius 1 is 1.15 bits per heavy atom. The third kappa shape index (κ3) is 9.34. The van der Waals surface area contributed by atoms with Crippen LogP contribution < -0.4 is 0 Å². The second-order valence-corrected chi connectivity index (χ2v) is 7.62. The van der Waals surface area contributed by atoms with Crippen molar-refractivity contribution in [3.63, 3.8) is 0 Å². The number of rotatable bonds is 15. The summed E-state index contributed by atoms with van der Waals surface area (Å²) in [4.78, 5) is 12.1. The smallest absolute Gasteiger partial charge is 0.159 e. The van der Waals surface area contributed by atoms with Crippen LogP contribution in [-0.4, -0.2) is 28.2 Å². The third-order valence-electron chi connectivity index (χ3n) is 5.32. The van der Waals surface area contributed by atoms with Crippen molar-refractivity contribution in [3.05, 3.63) is 49.1 Å². The fraction of sp³-hybridized carbons (Fsp3) is 0.625. The molecule has 3 heteroatoms. The molecule has 0 saturated carbocycles. The monoisotopic (exact) mass is 374 g/mol. The summed E-state index contributed by atoms with van der Waals surface area (Å²) in [5, 5.41) is 19.5. The number of unbranched alkanes of at least 4 members (excludes halogenated alkanes) is 5. The minimum absolute atomic E-state index is 0.0308. The summed E-state index contributed by atoms with van der Waals surface area (Å²) in [5.74, 6) is 0.258. The number of aliphatic hydroxyl groups is 2. The first-order valence-electron chi connectivity index (χ1n) is 10.6. The lowest BCUT2D eigenvalue weighted by Gasteiger charge is -2.23. The Kier molecular flexibility index (Phi) is 12.0. The van der Waals surface area contributed by atoms with Gasteiger partial charge in [-0.05, 0) is 44.6 Å². The van der Waals surface area contributed by atoms with Crippen LogP contribution in [0.2, 0.25) is 0 Å². The van der Waals surface area contributed by atoms with E-state index >= 15 is 0 Å². The Morgan fingerprint density at radius 3 is 2.67 bits per heavy atom. The molecule has 0 aliphatic heterocycles. The van der Waals surface area contributed by atoms with Gasteiger partial charge in [-0.1, -0.05) is 69.1 Å². The number of carbonyl (C=O) groups is 1. The van der Waals surface area contributed by atoms with Crippen molar-refractivity contribution in [2.24, 2.45) is 11.8 Å². The standard InChI is InChI=1S/C24H38O3/c1-3-5-6-11-18-24(27,4-2)19-13-14-21-16-17-23(26)22(21)15-10-8-7-9-12-20-25/h4,8,10,13-14,16-17,21-22,25,27H,2-3,5-7,9,11-12,15,18-20H2,1H3/t21-,22+,24?/m0/s1. The van der Waals surface area contributed by atoms with E-state index in [-0.39, 0.29) is 24.2 Å². The van der Waals surface area contributed by atoms with Crippen molar-refractivity contribution >= 4 is 5.78 Å². The highest BCUT2D eigenvalue weighted by molar-refractivity contribution is 5.95. The molecule has 0 aromatic heterocycles. The van der Waals surface area contributed by atoms with E-state index in [2.05, 4.69) is 31.7 Å². The van der Waals surface area contributed by atoms with E-state index in [1.807, 2.05) is 12.2 Å². The van der Waals surface area contributed by atoms with Gasteiger partial charge in [0.2, 0.25) is 0 Å². The molecule has 1 unspecified atom stereocenters. The Balaban J connectivity index is 2.47. The van der Waals surface area contributed by atoms with Crippen LogP contribution in [0.3, 0.4) is 0 Å². The van der Waals surface area contributed by atoms with Crippen LogP contribution >= 0.6 is 0 Å². The lowest BCUT2D eigenvalue weighted by atomic mass is 9.88. The fourth-order valence-corrected chi connectivity index (χ4v) is 3.43. The Morgan fingerprint density at radius 2 is 1.96 bits per heavy atom. The van der Waals surface area contributed by atoms with Crippen LogP contribution in [-0.2, 0) is 4.79 Å². The average molecular weight is 375 g/mol. The molecule has 0 aromatic rings. The lowest BCUT2D eigenvalue weighted by molar-refractivity contribution is -0.117.